The van der Waals surface area contributed by atoms with Gasteiger partial charge >= 0.3 is 0 Å². The first-order chi connectivity index (χ1) is 8.51. The lowest BCUT2D eigenvalue weighted by Gasteiger charge is -2.42. The van der Waals surface area contributed by atoms with E-state index in [0.717, 1.165) is 12.1 Å². The van der Waals surface area contributed by atoms with Gasteiger partial charge < -0.3 is 15.0 Å². The predicted octanol–water partition coefficient (Wildman–Crippen LogP) is 1.48. The van der Waals surface area contributed by atoms with E-state index >= 15 is 0 Å². The Bertz CT molecular complexity index is 383. The first kappa shape index (κ1) is 14.9. The molecule has 2 atom stereocenters. The smallest absolute Gasteiger partial charge is 0.237 e. The summed E-state index contributed by atoms with van der Waals surface area (Å²) in [5, 5.41) is 3.34. The Labute approximate surface area is 110 Å². The van der Waals surface area contributed by atoms with Crippen molar-refractivity contribution in [1.29, 1.82) is 0 Å². The van der Waals surface area contributed by atoms with Gasteiger partial charge in [-0.05, 0) is 34.5 Å². The highest BCUT2D eigenvalue weighted by atomic mass is 16.5. The average Bonchev–Trinajstić information content (AvgIpc) is 2.39. The summed E-state index contributed by atoms with van der Waals surface area (Å²) in [4.78, 5) is 10.9. The van der Waals surface area contributed by atoms with Crippen LogP contribution in [0.15, 0.2) is 12.4 Å². The SMILES string of the molecule is CCC(C)(C(NC)c1nccnc1OC)N(C)C. The highest BCUT2D eigenvalue weighted by Crippen LogP contribution is 2.34. The maximum Gasteiger partial charge on any atom is 0.237 e. The predicted molar refractivity (Wildman–Crippen MR) is 72.8 cm³/mol. The van der Waals surface area contributed by atoms with E-state index < -0.39 is 0 Å². The van der Waals surface area contributed by atoms with E-state index in [-0.39, 0.29) is 11.6 Å². The average molecular weight is 252 g/mol. The minimum Gasteiger partial charge on any atom is -0.480 e. The van der Waals surface area contributed by atoms with Crippen LogP contribution in [-0.4, -0.2) is 48.7 Å². The summed E-state index contributed by atoms with van der Waals surface area (Å²) in [7, 11) is 7.72. The molecule has 0 fully saturated rings. The number of hydrogen-bond donors (Lipinski definition) is 1. The van der Waals surface area contributed by atoms with E-state index in [1.165, 1.54) is 0 Å². The summed E-state index contributed by atoms with van der Waals surface area (Å²) in [5.74, 6) is 0.582. The van der Waals surface area contributed by atoms with Crippen LogP contribution in [0.4, 0.5) is 0 Å². The first-order valence-corrected chi connectivity index (χ1v) is 6.20. The molecule has 0 aliphatic heterocycles. The number of aromatic nitrogens is 2. The molecule has 0 bridgehead atoms. The summed E-state index contributed by atoms with van der Waals surface area (Å²) in [6.45, 7) is 4.38. The zero-order valence-corrected chi connectivity index (χ0v) is 12.2. The van der Waals surface area contributed by atoms with Gasteiger partial charge in [-0.2, -0.15) is 0 Å². The summed E-state index contributed by atoms with van der Waals surface area (Å²) in [5.41, 5.74) is 0.790. The number of likely N-dealkylation sites (N-methyl/N-ethyl adjacent to an activating group) is 2. The van der Waals surface area contributed by atoms with Gasteiger partial charge in [0, 0.05) is 17.9 Å². The molecule has 5 heteroatoms. The first-order valence-electron chi connectivity index (χ1n) is 6.20. The Kier molecular flexibility index (Phi) is 5.04. The minimum absolute atomic E-state index is 0.0566. The summed E-state index contributed by atoms with van der Waals surface area (Å²) in [6, 6.07) is 0.0566. The van der Waals surface area contributed by atoms with E-state index in [9.17, 15) is 0 Å². The van der Waals surface area contributed by atoms with Gasteiger partial charge in [0.15, 0.2) is 0 Å². The molecule has 1 aromatic rings. The Morgan fingerprint density at radius 3 is 2.44 bits per heavy atom. The molecular formula is C13H24N4O. The lowest BCUT2D eigenvalue weighted by atomic mass is 9.86. The van der Waals surface area contributed by atoms with Crippen LogP contribution >= 0.6 is 0 Å². The van der Waals surface area contributed by atoms with Gasteiger partial charge in [-0.1, -0.05) is 6.92 Å². The van der Waals surface area contributed by atoms with Crippen LogP contribution in [0.3, 0.4) is 0 Å². The zero-order valence-electron chi connectivity index (χ0n) is 12.2. The molecule has 1 aromatic heterocycles. The fourth-order valence-electron chi connectivity index (χ4n) is 2.21. The van der Waals surface area contributed by atoms with Crippen molar-refractivity contribution < 1.29 is 4.74 Å². The Hall–Kier alpha value is -1.20. The maximum absolute atomic E-state index is 5.32. The molecule has 0 aliphatic rings. The number of hydrogen-bond acceptors (Lipinski definition) is 5. The molecule has 5 nitrogen and oxygen atoms in total. The second kappa shape index (κ2) is 6.11. The summed E-state index contributed by atoms with van der Waals surface area (Å²) < 4.78 is 5.32. The van der Waals surface area contributed by atoms with Gasteiger partial charge in [0.1, 0.15) is 5.69 Å². The van der Waals surface area contributed by atoms with Crippen molar-refractivity contribution in [1.82, 2.24) is 20.2 Å². The van der Waals surface area contributed by atoms with Gasteiger partial charge in [-0.15, -0.1) is 0 Å². The molecule has 1 rings (SSSR count). The molecule has 0 amide bonds. The van der Waals surface area contributed by atoms with Crippen molar-refractivity contribution in [2.75, 3.05) is 28.3 Å². The van der Waals surface area contributed by atoms with Gasteiger partial charge in [-0.3, -0.25) is 4.98 Å². The molecule has 0 aromatic carbocycles. The van der Waals surface area contributed by atoms with Crippen molar-refractivity contribution in [2.45, 2.75) is 31.8 Å². The standard InChI is InChI=1S/C13H24N4O/c1-7-13(2,17(4)5)11(14-3)10-12(18-6)16-9-8-15-10/h8-9,11,14H,7H2,1-6H3. The van der Waals surface area contributed by atoms with Crippen LogP contribution in [-0.2, 0) is 0 Å². The fraction of sp³-hybridized carbons (Fsp3) is 0.692. The summed E-state index contributed by atoms with van der Waals surface area (Å²) >= 11 is 0. The van der Waals surface area contributed by atoms with Gasteiger partial charge in [0.05, 0.1) is 13.2 Å². The third kappa shape index (κ3) is 2.62. The largest absolute Gasteiger partial charge is 0.480 e. The Morgan fingerprint density at radius 1 is 1.39 bits per heavy atom. The van der Waals surface area contributed by atoms with Crippen molar-refractivity contribution in [2.24, 2.45) is 0 Å². The fourth-order valence-corrected chi connectivity index (χ4v) is 2.21. The monoisotopic (exact) mass is 252 g/mol. The Balaban J connectivity index is 3.24. The molecule has 1 heterocycles. The molecule has 0 spiro atoms. The van der Waals surface area contributed by atoms with Crippen LogP contribution in [0, 0.1) is 0 Å². The highest BCUT2D eigenvalue weighted by Gasteiger charge is 2.37. The molecule has 2 unspecified atom stereocenters. The molecule has 102 valence electrons. The number of ether oxygens (including phenoxy) is 1. The topological polar surface area (TPSA) is 50.3 Å². The van der Waals surface area contributed by atoms with E-state index in [4.69, 9.17) is 4.74 Å². The normalized spacial score (nSPS) is 16.4. The molecule has 18 heavy (non-hydrogen) atoms. The lowest BCUT2D eigenvalue weighted by molar-refractivity contribution is 0.113. The van der Waals surface area contributed by atoms with Crippen LogP contribution < -0.4 is 10.1 Å². The number of nitrogens with one attached hydrogen (secondary N) is 1. The molecule has 0 saturated heterocycles. The third-order valence-corrected chi connectivity index (χ3v) is 3.81. The summed E-state index contributed by atoms with van der Waals surface area (Å²) in [6.07, 6.45) is 4.34. The molecule has 0 aliphatic carbocycles. The number of nitrogens with zero attached hydrogens (tertiary/aromatic N) is 3. The molecular weight excluding hydrogens is 228 g/mol. The molecule has 0 radical (unpaired) electrons. The van der Waals surface area contributed by atoms with E-state index in [0.29, 0.717) is 5.88 Å². The van der Waals surface area contributed by atoms with E-state index in [2.05, 4.69) is 48.1 Å². The van der Waals surface area contributed by atoms with Gasteiger partial charge in [-0.25, -0.2) is 4.98 Å². The number of methoxy groups -OCH3 is 1. The quantitative estimate of drug-likeness (QED) is 0.831. The van der Waals surface area contributed by atoms with Crippen molar-refractivity contribution in [3.63, 3.8) is 0 Å². The second-order valence-corrected chi connectivity index (χ2v) is 4.78. The van der Waals surface area contributed by atoms with Crippen LogP contribution in [0.25, 0.3) is 0 Å². The highest BCUT2D eigenvalue weighted by molar-refractivity contribution is 5.24. The van der Waals surface area contributed by atoms with Gasteiger partial charge in [0.2, 0.25) is 5.88 Å². The molecule has 1 N–H and O–H groups in total. The third-order valence-electron chi connectivity index (χ3n) is 3.81. The zero-order chi connectivity index (χ0) is 13.8. The van der Waals surface area contributed by atoms with E-state index in [1.54, 1.807) is 19.5 Å². The van der Waals surface area contributed by atoms with Crippen molar-refractivity contribution in [3.8, 4) is 5.88 Å². The molecule has 0 saturated carbocycles. The van der Waals surface area contributed by atoms with Crippen LogP contribution in [0.1, 0.15) is 32.0 Å². The Morgan fingerprint density at radius 2 is 2.00 bits per heavy atom. The van der Waals surface area contributed by atoms with Gasteiger partial charge in [0.25, 0.3) is 0 Å². The van der Waals surface area contributed by atoms with Crippen LogP contribution in [0.5, 0.6) is 5.88 Å². The van der Waals surface area contributed by atoms with Crippen LogP contribution in [0.2, 0.25) is 0 Å². The van der Waals surface area contributed by atoms with E-state index in [1.807, 2.05) is 7.05 Å². The van der Waals surface area contributed by atoms with Crippen molar-refractivity contribution >= 4 is 0 Å². The van der Waals surface area contributed by atoms with Crippen molar-refractivity contribution in [3.05, 3.63) is 18.1 Å². The second-order valence-electron chi connectivity index (χ2n) is 4.78. The minimum atomic E-state index is -0.0575. The maximum atomic E-state index is 5.32. The number of rotatable bonds is 6. The lowest BCUT2D eigenvalue weighted by Crippen LogP contribution is -2.50.